The van der Waals surface area contributed by atoms with E-state index in [2.05, 4.69) is 15.0 Å². The SMILES string of the molecule is N#Cc1c[nH]c2nc(N)nc(-c3ccccc3F)c12. The molecule has 3 N–H and O–H groups in total. The maximum Gasteiger partial charge on any atom is 0.222 e. The number of rotatable bonds is 1. The van der Waals surface area contributed by atoms with Gasteiger partial charge in [0.1, 0.15) is 17.5 Å². The lowest BCUT2D eigenvalue weighted by Crippen LogP contribution is -1.99. The Morgan fingerprint density at radius 3 is 2.79 bits per heavy atom. The molecule has 3 aromatic rings. The van der Waals surface area contributed by atoms with Crippen molar-refractivity contribution in [2.24, 2.45) is 0 Å². The maximum absolute atomic E-state index is 13.9. The molecule has 0 radical (unpaired) electrons. The zero-order valence-electron chi connectivity index (χ0n) is 9.68. The summed E-state index contributed by atoms with van der Waals surface area (Å²) in [5.74, 6) is -0.399. The van der Waals surface area contributed by atoms with E-state index < -0.39 is 5.82 Å². The minimum Gasteiger partial charge on any atom is -0.368 e. The van der Waals surface area contributed by atoms with Gasteiger partial charge in [-0.1, -0.05) is 12.1 Å². The minimum absolute atomic E-state index is 0.0251. The van der Waals surface area contributed by atoms with Crippen molar-refractivity contribution in [3.05, 3.63) is 41.8 Å². The van der Waals surface area contributed by atoms with Crippen molar-refractivity contribution in [1.82, 2.24) is 15.0 Å². The van der Waals surface area contributed by atoms with Crippen molar-refractivity contribution >= 4 is 17.0 Å². The van der Waals surface area contributed by atoms with Crippen LogP contribution in [0.15, 0.2) is 30.5 Å². The second-order valence-corrected chi connectivity index (χ2v) is 3.95. The fraction of sp³-hybridized carbons (Fsp3) is 0. The zero-order chi connectivity index (χ0) is 13.4. The van der Waals surface area contributed by atoms with Gasteiger partial charge in [-0.2, -0.15) is 10.2 Å². The average molecular weight is 253 g/mol. The van der Waals surface area contributed by atoms with E-state index in [9.17, 15) is 4.39 Å². The van der Waals surface area contributed by atoms with E-state index in [1.165, 1.54) is 12.3 Å². The molecular weight excluding hydrogens is 245 g/mol. The van der Waals surface area contributed by atoms with Gasteiger partial charge in [-0.05, 0) is 12.1 Å². The number of aromatic nitrogens is 3. The number of nitriles is 1. The van der Waals surface area contributed by atoms with Crippen LogP contribution in [0.4, 0.5) is 10.3 Å². The summed E-state index contributed by atoms with van der Waals surface area (Å²) in [5, 5.41) is 9.56. The summed E-state index contributed by atoms with van der Waals surface area (Å²) in [6.45, 7) is 0. The van der Waals surface area contributed by atoms with Crippen molar-refractivity contribution < 1.29 is 4.39 Å². The highest BCUT2D eigenvalue weighted by molar-refractivity contribution is 5.96. The number of hydrogen-bond donors (Lipinski definition) is 2. The molecule has 0 aliphatic heterocycles. The van der Waals surface area contributed by atoms with E-state index in [1.807, 2.05) is 6.07 Å². The number of benzene rings is 1. The van der Waals surface area contributed by atoms with E-state index in [4.69, 9.17) is 11.0 Å². The third-order valence-corrected chi connectivity index (χ3v) is 2.80. The van der Waals surface area contributed by atoms with Crippen molar-refractivity contribution in [2.45, 2.75) is 0 Å². The Hall–Kier alpha value is -2.94. The molecule has 5 nitrogen and oxygen atoms in total. The number of nitrogen functional groups attached to an aromatic ring is 1. The monoisotopic (exact) mass is 253 g/mol. The van der Waals surface area contributed by atoms with E-state index in [0.29, 0.717) is 22.3 Å². The van der Waals surface area contributed by atoms with Gasteiger partial charge >= 0.3 is 0 Å². The molecular formula is C13H8FN5. The molecule has 6 heteroatoms. The normalized spacial score (nSPS) is 10.5. The van der Waals surface area contributed by atoms with Crippen LogP contribution in [0.1, 0.15) is 5.56 Å². The molecule has 2 heterocycles. The smallest absolute Gasteiger partial charge is 0.222 e. The molecule has 0 saturated heterocycles. The number of halogens is 1. The molecule has 0 unspecified atom stereocenters. The fourth-order valence-corrected chi connectivity index (χ4v) is 1.99. The minimum atomic E-state index is -0.424. The van der Waals surface area contributed by atoms with Crippen LogP contribution in [0, 0.1) is 17.1 Å². The Morgan fingerprint density at radius 2 is 2.05 bits per heavy atom. The summed E-state index contributed by atoms with van der Waals surface area (Å²) in [6, 6.07) is 8.23. The zero-order valence-corrected chi connectivity index (χ0v) is 9.68. The predicted molar refractivity (Wildman–Crippen MR) is 68.4 cm³/mol. The fourth-order valence-electron chi connectivity index (χ4n) is 1.99. The van der Waals surface area contributed by atoms with Crippen LogP contribution in [0.3, 0.4) is 0 Å². The molecule has 0 spiro atoms. The maximum atomic E-state index is 13.9. The quantitative estimate of drug-likeness (QED) is 0.695. The summed E-state index contributed by atoms with van der Waals surface area (Å²) in [7, 11) is 0. The molecule has 2 aromatic heterocycles. The van der Waals surface area contributed by atoms with E-state index in [0.717, 1.165) is 0 Å². The Labute approximate surface area is 107 Å². The van der Waals surface area contributed by atoms with Crippen LogP contribution < -0.4 is 5.73 Å². The lowest BCUT2D eigenvalue weighted by Gasteiger charge is -2.05. The molecule has 1 aromatic carbocycles. The third kappa shape index (κ3) is 1.68. The Kier molecular flexibility index (Phi) is 2.39. The summed E-state index contributed by atoms with van der Waals surface area (Å²) in [4.78, 5) is 10.9. The van der Waals surface area contributed by atoms with Crippen molar-refractivity contribution in [2.75, 3.05) is 5.73 Å². The number of aromatic amines is 1. The molecule has 19 heavy (non-hydrogen) atoms. The topological polar surface area (TPSA) is 91.4 Å². The number of nitrogens with two attached hydrogens (primary N) is 1. The predicted octanol–water partition coefficient (Wildman–Crippen LogP) is 2.22. The molecule has 92 valence electrons. The molecule has 3 rings (SSSR count). The second-order valence-electron chi connectivity index (χ2n) is 3.95. The molecule has 0 atom stereocenters. The number of H-pyrrole nitrogens is 1. The summed E-state index contributed by atoms with van der Waals surface area (Å²) < 4.78 is 13.9. The first-order valence-corrected chi connectivity index (χ1v) is 5.50. The second kappa shape index (κ2) is 4.07. The first-order valence-electron chi connectivity index (χ1n) is 5.50. The van der Waals surface area contributed by atoms with Gasteiger partial charge in [0, 0.05) is 11.8 Å². The lowest BCUT2D eigenvalue weighted by atomic mass is 10.1. The largest absolute Gasteiger partial charge is 0.368 e. The summed E-state index contributed by atoms with van der Waals surface area (Å²) >= 11 is 0. The molecule has 0 aliphatic carbocycles. The molecule has 0 saturated carbocycles. The van der Waals surface area contributed by atoms with Gasteiger partial charge in [-0.15, -0.1) is 0 Å². The molecule has 0 bridgehead atoms. The third-order valence-electron chi connectivity index (χ3n) is 2.80. The molecule has 0 aliphatic rings. The highest BCUT2D eigenvalue weighted by Gasteiger charge is 2.16. The van der Waals surface area contributed by atoms with Crippen LogP contribution in [0.25, 0.3) is 22.3 Å². The number of fused-ring (bicyclic) bond motifs is 1. The van der Waals surface area contributed by atoms with Gasteiger partial charge in [-0.3, -0.25) is 0 Å². The van der Waals surface area contributed by atoms with E-state index >= 15 is 0 Å². The first-order chi connectivity index (χ1) is 9.20. The Bertz CT molecular complexity index is 816. The highest BCUT2D eigenvalue weighted by Crippen LogP contribution is 2.30. The van der Waals surface area contributed by atoms with Crippen molar-refractivity contribution in [1.29, 1.82) is 5.26 Å². The van der Waals surface area contributed by atoms with Crippen LogP contribution >= 0.6 is 0 Å². The number of hydrogen-bond acceptors (Lipinski definition) is 4. The van der Waals surface area contributed by atoms with Gasteiger partial charge in [0.15, 0.2) is 0 Å². The Morgan fingerprint density at radius 1 is 1.26 bits per heavy atom. The lowest BCUT2D eigenvalue weighted by molar-refractivity contribution is 0.631. The van der Waals surface area contributed by atoms with Crippen LogP contribution in [-0.4, -0.2) is 15.0 Å². The van der Waals surface area contributed by atoms with Crippen LogP contribution in [0.2, 0.25) is 0 Å². The van der Waals surface area contributed by atoms with Gasteiger partial charge in [0.2, 0.25) is 5.95 Å². The van der Waals surface area contributed by atoms with Gasteiger partial charge in [-0.25, -0.2) is 9.37 Å². The van der Waals surface area contributed by atoms with Gasteiger partial charge < -0.3 is 10.7 Å². The standard InChI is InChI=1S/C13H8FN5/c14-9-4-2-1-3-8(9)11-10-7(5-15)6-17-12(10)19-13(16)18-11/h1-4,6H,(H3,16,17,18,19). The average Bonchev–Trinajstić information content (AvgIpc) is 2.81. The summed E-state index contributed by atoms with van der Waals surface area (Å²) in [6.07, 6.45) is 1.50. The van der Waals surface area contributed by atoms with Crippen molar-refractivity contribution in [3.63, 3.8) is 0 Å². The number of nitrogens with zero attached hydrogens (tertiary/aromatic N) is 3. The number of anilines is 1. The van der Waals surface area contributed by atoms with E-state index in [-0.39, 0.29) is 11.5 Å². The van der Waals surface area contributed by atoms with Crippen LogP contribution in [0.5, 0.6) is 0 Å². The van der Waals surface area contributed by atoms with Gasteiger partial charge in [0.05, 0.1) is 16.6 Å². The summed E-state index contributed by atoms with van der Waals surface area (Å²) in [5.41, 5.74) is 7.00. The molecule has 0 fully saturated rings. The molecule has 0 amide bonds. The Balaban J connectivity index is 2.44. The van der Waals surface area contributed by atoms with Gasteiger partial charge in [0.25, 0.3) is 0 Å². The first kappa shape index (κ1) is 11.2. The van der Waals surface area contributed by atoms with E-state index in [1.54, 1.807) is 18.2 Å². The highest BCUT2D eigenvalue weighted by atomic mass is 19.1. The number of nitrogens with one attached hydrogen (secondary N) is 1. The van der Waals surface area contributed by atoms with Crippen molar-refractivity contribution in [3.8, 4) is 17.3 Å². The van der Waals surface area contributed by atoms with Crippen LogP contribution in [-0.2, 0) is 0 Å².